The van der Waals surface area contributed by atoms with Crippen molar-refractivity contribution in [3.05, 3.63) is 152 Å². The molecule has 0 aliphatic rings. The van der Waals surface area contributed by atoms with E-state index >= 15 is 0 Å². The Hall–Kier alpha value is -6.73. The second kappa shape index (κ2) is 11.6. The minimum absolute atomic E-state index is 0.564. The molecule has 48 heavy (non-hydrogen) atoms. The summed E-state index contributed by atoms with van der Waals surface area (Å²) >= 11 is 0. The van der Waals surface area contributed by atoms with Gasteiger partial charge in [-0.15, -0.1) is 0 Å². The van der Waals surface area contributed by atoms with Gasteiger partial charge in [0.15, 0.2) is 28.6 Å². The zero-order valence-corrected chi connectivity index (χ0v) is 25.5. The van der Waals surface area contributed by atoms with Crippen molar-refractivity contribution in [2.45, 2.75) is 0 Å². The average Bonchev–Trinajstić information content (AvgIpc) is 3.80. The summed E-state index contributed by atoms with van der Waals surface area (Å²) in [6.45, 7) is 0. The monoisotopic (exact) mass is 619 g/mol. The van der Waals surface area contributed by atoms with Crippen LogP contribution in [0.15, 0.2) is 160 Å². The van der Waals surface area contributed by atoms with Crippen molar-refractivity contribution in [1.29, 1.82) is 0 Å². The van der Waals surface area contributed by atoms with Gasteiger partial charge in [0.05, 0.1) is 0 Å². The van der Waals surface area contributed by atoms with Crippen LogP contribution in [0, 0.1) is 0 Å². The summed E-state index contributed by atoms with van der Waals surface area (Å²) < 4.78 is 12.0. The van der Waals surface area contributed by atoms with Gasteiger partial charge in [0.25, 0.3) is 0 Å². The number of aromatic nitrogens is 5. The normalized spacial score (nSPS) is 11.3. The van der Waals surface area contributed by atoms with Crippen molar-refractivity contribution in [3.63, 3.8) is 0 Å². The van der Waals surface area contributed by atoms with E-state index < -0.39 is 0 Å². The highest BCUT2D eigenvalue weighted by Gasteiger charge is 2.15. The number of hydrogen-bond acceptors (Lipinski definition) is 7. The molecule has 0 saturated carbocycles. The molecular weight excluding hydrogens is 594 g/mol. The number of benzene rings is 6. The van der Waals surface area contributed by atoms with Crippen LogP contribution in [0.25, 0.3) is 90.4 Å². The fourth-order valence-corrected chi connectivity index (χ4v) is 5.72. The molecule has 0 unspecified atom stereocenters. The summed E-state index contributed by atoms with van der Waals surface area (Å²) in [5, 5.41) is 0. The molecule has 9 rings (SSSR count). The number of oxazole rings is 2. The topological polar surface area (TPSA) is 90.7 Å². The molecule has 0 saturated heterocycles. The van der Waals surface area contributed by atoms with Crippen LogP contribution in [-0.2, 0) is 0 Å². The first-order valence-corrected chi connectivity index (χ1v) is 15.6. The zero-order valence-electron chi connectivity index (χ0n) is 25.5. The Labute approximate surface area is 275 Å². The fraction of sp³-hybridized carbons (Fsp3) is 0. The third-order valence-corrected chi connectivity index (χ3v) is 8.25. The third-order valence-electron chi connectivity index (χ3n) is 8.25. The second-order valence-corrected chi connectivity index (χ2v) is 11.4. The lowest BCUT2D eigenvalue weighted by Crippen LogP contribution is -2.00. The van der Waals surface area contributed by atoms with Crippen LogP contribution in [0.1, 0.15) is 0 Å². The maximum atomic E-state index is 5.99. The Bertz CT molecular complexity index is 2340. The van der Waals surface area contributed by atoms with Crippen LogP contribution in [0.3, 0.4) is 0 Å². The molecule has 0 amide bonds. The molecule has 0 bridgehead atoms. The SMILES string of the molecule is c1ccc(-c2ccc(-c3nc(-c4ccc(-c5nc6ccccc6o5)cc4)nc(-c4ccc(-c5nc6ccccc6o5)cc4)n3)cc2)cc1. The van der Waals surface area contributed by atoms with E-state index in [0.717, 1.165) is 61.1 Å². The van der Waals surface area contributed by atoms with E-state index in [1.807, 2.05) is 115 Å². The van der Waals surface area contributed by atoms with Crippen molar-refractivity contribution >= 4 is 22.2 Å². The Morgan fingerprint density at radius 1 is 0.271 bits per heavy atom. The number of hydrogen-bond donors (Lipinski definition) is 0. The molecule has 3 heterocycles. The van der Waals surface area contributed by atoms with E-state index in [1.165, 1.54) is 0 Å². The number of nitrogens with zero attached hydrogens (tertiary/aromatic N) is 5. The predicted octanol–water partition coefficient (Wildman–Crippen LogP) is 10.2. The van der Waals surface area contributed by atoms with Gasteiger partial charge in [-0.05, 0) is 59.7 Å². The van der Waals surface area contributed by atoms with Crippen LogP contribution in [-0.4, -0.2) is 24.9 Å². The fourth-order valence-electron chi connectivity index (χ4n) is 5.72. The molecular formula is C41H25N5O2. The molecule has 0 aliphatic heterocycles. The van der Waals surface area contributed by atoms with Crippen LogP contribution in [0.5, 0.6) is 0 Å². The molecule has 226 valence electrons. The lowest BCUT2D eigenvalue weighted by molar-refractivity contribution is 0.619. The zero-order chi connectivity index (χ0) is 31.9. The Balaban J connectivity index is 1.10. The highest BCUT2D eigenvalue weighted by Crippen LogP contribution is 2.31. The average molecular weight is 620 g/mol. The lowest BCUT2D eigenvalue weighted by Gasteiger charge is -2.10. The molecule has 3 aromatic heterocycles. The minimum atomic E-state index is 0.564. The van der Waals surface area contributed by atoms with Gasteiger partial charge in [-0.2, -0.15) is 0 Å². The van der Waals surface area contributed by atoms with Crippen molar-refractivity contribution in [2.24, 2.45) is 0 Å². The van der Waals surface area contributed by atoms with Gasteiger partial charge in [0, 0.05) is 27.8 Å². The van der Waals surface area contributed by atoms with Gasteiger partial charge in [-0.1, -0.05) is 103 Å². The van der Waals surface area contributed by atoms with Crippen molar-refractivity contribution < 1.29 is 8.83 Å². The Morgan fingerprint density at radius 3 is 1.02 bits per heavy atom. The largest absolute Gasteiger partial charge is 0.436 e. The highest BCUT2D eigenvalue weighted by molar-refractivity contribution is 5.78. The lowest BCUT2D eigenvalue weighted by atomic mass is 10.0. The van der Waals surface area contributed by atoms with Gasteiger partial charge >= 0.3 is 0 Å². The summed E-state index contributed by atoms with van der Waals surface area (Å²) in [5.41, 5.74) is 9.77. The van der Waals surface area contributed by atoms with E-state index in [-0.39, 0.29) is 0 Å². The molecule has 7 nitrogen and oxygen atoms in total. The van der Waals surface area contributed by atoms with E-state index in [1.54, 1.807) is 0 Å². The Morgan fingerprint density at radius 2 is 0.604 bits per heavy atom. The summed E-state index contributed by atoms with van der Waals surface area (Å²) in [6.07, 6.45) is 0. The van der Waals surface area contributed by atoms with Crippen LogP contribution in [0.4, 0.5) is 0 Å². The van der Waals surface area contributed by atoms with Crippen LogP contribution < -0.4 is 0 Å². The molecule has 0 radical (unpaired) electrons. The van der Waals surface area contributed by atoms with Gasteiger partial charge < -0.3 is 8.83 Å². The molecule has 0 aliphatic carbocycles. The van der Waals surface area contributed by atoms with Crippen molar-refractivity contribution in [1.82, 2.24) is 24.9 Å². The summed E-state index contributed by atoms with van der Waals surface area (Å²) in [4.78, 5) is 24.1. The predicted molar refractivity (Wildman–Crippen MR) is 188 cm³/mol. The first-order chi connectivity index (χ1) is 23.7. The van der Waals surface area contributed by atoms with Gasteiger partial charge in [-0.3, -0.25) is 0 Å². The smallest absolute Gasteiger partial charge is 0.227 e. The number of rotatable bonds is 6. The maximum absolute atomic E-state index is 5.99. The Kier molecular flexibility index (Phi) is 6.64. The number of fused-ring (bicyclic) bond motifs is 2. The molecule has 0 atom stereocenters. The third kappa shape index (κ3) is 5.19. The molecule has 0 spiro atoms. The van der Waals surface area contributed by atoms with E-state index in [2.05, 4.69) is 46.4 Å². The molecule has 0 fully saturated rings. The molecule has 9 aromatic rings. The molecule has 6 aromatic carbocycles. The standard InChI is InChI=1S/C41H25N5O2/c1-2-8-26(9-3-1)27-14-16-28(17-15-27)37-44-38(29-18-22-31(23-19-29)40-42-33-10-4-6-12-35(33)47-40)46-39(45-37)30-20-24-32(25-21-30)41-43-34-11-5-7-13-36(34)48-41/h1-25H. The first-order valence-electron chi connectivity index (χ1n) is 15.6. The molecule has 0 N–H and O–H groups in total. The molecule has 7 heteroatoms. The van der Waals surface area contributed by atoms with Gasteiger partial charge in [-0.25, -0.2) is 24.9 Å². The van der Waals surface area contributed by atoms with Crippen LogP contribution >= 0.6 is 0 Å². The quantitative estimate of drug-likeness (QED) is 0.183. The van der Waals surface area contributed by atoms with Gasteiger partial charge in [0.2, 0.25) is 11.8 Å². The van der Waals surface area contributed by atoms with Crippen molar-refractivity contribution in [2.75, 3.05) is 0 Å². The van der Waals surface area contributed by atoms with E-state index in [0.29, 0.717) is 29.3 Å². The van der Waals surface area contributed by atoms with Crippen molar-refractivity contribution in [3.8, 4) is 68.2 Å². The summed E-state index contributed by atoms with van der Waals surface area (Å²) in [5.74, 6) is 2.85. The first kappa shape index (κ1) is 27.6. The maximum Gasteiger partial charge on any atom is 0.227 e. The van der Waals surface area contributed by atoms with E-state index in [4.69, 9.17) is 23.8 Å². The second-order valence-electron chi connectivity index (χ2n) is 11.4. The summed E-state index contributed by atoms with van der Waals surface area (Å²) in [7, 11) is 0. The van der Waals surface area contributed by atoms with E-state index in [9.17, 15) is 0 Å². The minimum Gasteiger partial charge on any atom is -0.436 e. The summed E-state index contributed by atoms with van der Waals surface area (Å²) in [6, 6.07) is 50.0. The van der Waals surface area contributed by atoms with Gasteiger partial charge in [0.1, 0.15) is 11.0 Å². The number of para-hydroxylation sites is 4. The highest BCUT2D eigenvalue weighted by atomic mass is 16.4. The van der Waals surface area contributed by atoms with Crippen LogP contribution in [0.2, 0.25) is 0 Å².